The number of aliphatic hydroxyl groups excluding tert-OH is 1. The molecule has 2 rings (SSSR count). The number of amides is 1. The summed E-state index contributed by atoms with van der Waals surface area (Å²) in [6.45, 7) is 0.166. The van der Waals surface area contributed by atoms with Crippen LogP contribution in [0.2, 0.25) is 0 Å². The third-order valence-electron chi connectivity index (χ3n) is 2.48. The minimum atomic E-state index is -0.686. The maximum atomic E-state index is 11.5. The normalized spacial score (nSPS) is 11.2. The lowest BCUT2D eigenvalue weighted by molar-refractivity contribution is -0.116. The first-order chi connectivity index (χ1) is 9.25. The molecule has 0 saturated heterocycles. The highest BCUT2D eigenvalue weighted by Crippen LogP contribution is 2.14. The van der Waals surface area contributed by atoms with Crippen LogP contribution in [0.1, 0.15) is 17.2 Å². The molecule has 1 atom stereocenters. The molecular weight excluding hydrogens is 258 g/mol. The summed E-state index contributed by atoms with van der Waals surface area (Å²) in [5.74, 6) is 4.86. The zero-order valence-electron chi connectivity index (χ0n) is 10.2. The Hall–Kier alpha value is -2.09. The second-order valence-electron chi connectivity index (χ2n) is 3.90. The molecule has 2 N–H and O–H groups in total. The average Bonchev–Trinajstić information content (AvgIpc) is 2.98. The Morgan fingerprint density at radius 1 is 1.32 bits per heavy atom. The summed E-state index contributed by atoms with van der Waals surface area (Å²) in [5.41, 5.74) is 1.59. The lowest BCUT2D eigenvalue weighted by Crippen LogP contribution is -2.26. The first-order valence-corrected chi connectivity index (χ1v) is 6.75. The van der Waals surface area contributed by atoms with Crippen LogP contribution in [-0.4, -0.2) is 17.6 Å². The highest BCUT2D eigenvalue weighted by molar-refractivity contribution is 7.07. The molecule has 0 aliphatic carbocycles. The molecule has 96 valence electrons. The van der Waals surface area contributed by atoms with Gasteiger partial charge in [-0.2, -0.15) is 11.3 Å². The largest absolute Gasteiger partial charge is 0.387 e. The average molecular weight is 271 g/mol. The summed E-state index contributed by atoms with van der Waals surface area (Å²) in [7, 11) is 0. The van der Waals surface area contributed by atoms with E-state index in [0.29, 0.717) is 0 Å². The van der Waals surface area contributed by atoms with Crippen molar-refractivity contribution in [1.82, 2.24) is 5.32 Å². The fourth-order valence-corrected chi connectivity index (χ4v) is 2.17. The predicted molar refractivity (Wildman–Crippen MR) is 75.6 cm³/mol. The second kappa shape index (κ2) is 6.74. The van der Waals surface area contributed by atoms with Gasteiger partial charge in [-0.05, 0) is 34.5 Å². The maximum absolute atomic E-state index is 11.5. The van der Waals surface area contributed by atoms with Gasteiger partial charge in [-0.25, -0.2) is 0 Å². The molecule has 2 aromatic rings. The van der Waals surface area contributed by atoms with Crippen LogP contribution in [0.4, 0.5) is 0 Å². The Morgan fingerprint density at radius 3 is 2.79 bits per heavy atom. The van der Waals surface area contributed by atoms with Gasteiger partial charge in [0, 0.05) is 18.0 Å². The summed E-state index contributed by atoms with van der Waals surface area (Å²) in [4.78, 5) is 11.5. The van der Waals surface area contributed by atoms with Crippen LogP contribution in [-0.2, 0) is 4.79 Å². The Morgan fingerprint density at radius 2 is 2.11 bits per heavy atom. The monoisotopic (exact) mass is 271 g/mol. The van der Waals surface area contributed by atoms with Crippen LogP contribution in [0.5, 0.6) is 0 Å². The minimum absolute atomic E-state index is 0.166. The van der Waals surface area contributed by atoms with Crippen molar-refractivity contribution >= 4 is 17.2 Å². The molecule has 0 fully saturated rings. The summed E-state index contributed by atoms with van der Waals surface area (Å²) < 4.78 is 0. The smallest absolute Gasteiger partial charge is 0.296 e. The van der Waals surface area contributed by atoms with Gasteiger partial charge < -0.3 is 10.4 Å². The molecule has 1 heterocycles. The van der Waals surface area contributed by atoms with Gasteiger partial charge in [0.25, 0.3) is 5.91 Å². The van der Waals surface area contributed by atoms with Gasteiger partial charge >= 0.3 is 0 Å². The minimum Gasteiger partial charge on any atom is -0.387 e. The van der Waals surface area contributed by atoms with Crippen LogP contribution in [0, 0.1) is 11.8 Å². The molecule has 19 heavy (non-hydrogen) atoms. The Bertz CT molecular complexity index is 582. The first kappa shape index (κ1) is 13.3. The van der Waals surface area contributed by atoms with Crippen LogP contribution in [0.25, 0.3) is 0 Å². The molecular formula is C15H13NO2S. The van der Waals surface area contributed by atoms with E-state index >= 15 is 0 Å². The number of carbonyl (C=O) groups is 1. The van der Waals surface area contributed by atoms with Crippen LogP contribution in [0.15, 0.2) is 47.2 Å². The number of thiophene rings is 1. The van der Waals surface area contributed by atoms with Crippen molar-refractivity contribution in [2.75, 3.05) is 6.54 Å². The first-order valence-electron chi connectivity index (χ1n) is 5.81. The van der Waals surface area contributed by atoms with E-state index in [4.69, 9.17) is 0 Å². The Labute approximate surface area is 115 Å². The molecule has 3 nitrogen and oxygen atoms in total. The van der Waals surface area contributed by atoms with Gasteiger partial charge in [-0.15, -0.1) is 0 Å². The highest BCUT2D eigenvalue weighted by atomic mass is 32.1. The van der Waals surface area contributed by atoms with E-state index in [1.54, 1.807) is 0 Å². The van der Waals surface area contributed by atoms with Crippen molar-refractivity contribution in [2.45, 2.75) is 6.10 Å². The third kappa shape index (κ3) is 4.25. The van der Waals surface area contributed by atoms with Crippen molar-refractivity contribution in [1.29, 1.82) is 0 Å². The topological polar surface area (TPSA) is 49.3 Å². The fourth-order valence-electron chi connectivity index (χ4n) is 1.47. The van der Waals surface area contributed by atoms with Gasteiger partial charge in [0.1, 0.15) is 0 Å². The molecule has 0 aliphatic rings. The van der Waals surface area contributed by atoms with E-state index in [1.807, 2.05) is 47.2 Å². The van der Waals surface area contributed by atoms with Crippen molar-refractivity contribution in [3.63, 3.8) is 0 Å². The summed E-state index contributed by atoms with van der Waals surface area (Å²) in [5, 5.41) is 16.1. The Balaban J connectivity index is 1.84. The number of carbonyl (C=O) groups excluding carboxylic acids is 1. The van der Waals surface area contributed by atoms with E-state index in [0.717, 1.165) is 11.1 Å². The van der Waals surface area contributed by atoms with Crippen LogP contribution < -0.4 is 5.32 Å². The number of hydrogen-bond acceptors (Lipinski definition) is 3. The molecule has 1 amide bonds. The molecule has 0 saturated carbocycles. The molecule has 0 aliphatic heterocycles. The number of aliphatic hydroxyl groups is 1. The molecule has 4 heteroatoms. The molecule has 0 spiro atoms. The molecule has 0 bridgehead atoms. The van der Waals surface area contributed by atoms with Gasteiger partial charge in [0.15, 0.2) is 0 Å². The van der Waals surface area contributed by atoms with Crippen molar-refractivity contribution in [3.05, 3.63) is 58.3 Å². The summed E-state index contributed by atoms with van der Waals surface area (Å²) >= 11 is 1.51. The molecule has 1 aromatic carbocycles. The number of rotatable bonds is 3. The maximum Gasteiger partial charge on any atom is 0.296 e. The lowest BCUT2D eigenvalue weighted by atomic mass is 10.2. The van der Waals surface area contributed by atoms with Crippen molar-refractivity contribution < 1.29 is 9.90 Å². The molecule has 1 unspecified atom stereocenters. The van der Waals surface area contributed by atoms with Gasteiger partial charge in [-0.3, -0.25) is 4.79 Å². The van der Waals surface area contributed by atoms with Crippen molar-refractivity contribution in [2.24, 2.45) is 0 Å². The standard InChI is InChI=1S/C15H13NO2S/c17-14(13-8-9-19-11-13)10-16-15(18)7-6-12-4-2-1-3-5-12/h1-5,8-9,11,14,17H,10H2,(H,16,18). The quantitative estimate of drug-likeness (QED) is 0.838. The van der Waals surface area contributed by atoms with E-state index in [-0.39, 0.29) is 6.54 Å². The van der Waals surface area contributed by atoms with Crippen molar-refractivity contribution in [3.8, 4) is 11.8 Å². The third-order valence-corrected chi connectivity index (χ3v) is 3.18. The van der Waals surface area contributed by atoms with Gasteiger partial charge in [0.2, 0.25) is 0 Å². The lowest BCUT2D eigenvalue weighted by Gasteiger charge is -2.07. The van der Waals surface area contributed by atoms with E-state index in [9.17, 15) is 9.90 Å². The zero-order chi connectivity index (χ0) is 13.5. The molecule has 1 aromatic heterocycles. The zero-order valence-corrected chi connectivity index (χ0v) is 11.0. The van der Waals surface area contributed by atoms with Gasteiger partial charge in [-0.1, -0.05) is 24.1 Å². The molecule has 0 radical (unpaired) electrons. The Kier molecular flexibility index (Phi) is 4.73. The number of benzene rings is 1. The second-order valence-corrected chi connectivity index (χ2v) is 4.68. The van der Waals surface area contributed by atoms with Gasteiger partial charge in [0.05, 0.1) is 6.10 Å². The number of hydrogen-bond donors (Lipinski definition) is 2. The number of nitrogens with one attached hydrogen (secondary N) is 1. The predicted octanol–water partition coefficient (Wildman–Crippen LogP) is 1.95. The summed E-state index contributed by atoms with van der Waals surface area (Å²) in [6.07, 6.45) is -0.686. The van der Waals surface area contributed by atoms with Crippen LogP contribution in [0.3, 0.4) is 0 Å². The highest BCUT2D eigenvalue weighted by Gasteiger charge is 2.08. The van der Waals surface area contributed by atoms with Crippen LogP contribution >= 0.6 is 11.3 Å². The van der Waals surface area contributed by atoms with E-state index < -0.39 is 12.0 Å². The SMILES string of the molecule is O=C(C#Cc1ccccc1)NCC(O)c1ccsc1. The van der Waals surface area contributed by atoms with E-state index in [1.165, 1.54) is 11.3 Å². The van der Waals surface area contributed by atoms with E-state index in [2.05, 4.69) is 17.2 Å². The summed E-state index contributed by atoms with van der Waals surface area (Å²) in [6, 6.07) is 11.1. The fraction of sp³-hybridized carbons (Fsp3) is 0.133.